The number of aromatic carboxylic acids is 1. The van der Waals surface area contributed by atoms with Gasteiger partial charge in [0, 0.05) is 17.3 Å². The fourth-order valence-electron chi connectivity index (χ4n) is 2.92. The molecular weight excluding hydrogens is 368 g/mol. The molecule has 0 unspecified atom stereocenters. The second kappa shape index (κ2) is 8.28. The van der Waals surface area contributed by atoms with E-state index in [4.69, 9.17) is 4.42 Å². The molecule has 3 aromatic rings. The van der Waals surface area contributed by atoms with Crippen molar-refractivity contribution in [2.75, 3.05) is 5.32 Å². The van der Waals surface area contributed by atoms with Gasteiger partial charge in [0.25, 0.3) is 5.91 Å². The number of carboxylic acid groups (broad SMARTS) is 1. The van der Waals surface area contributed by atoms with Gasteiger partial charge in [-0.2, -0.15) is 5.26 Å². The summed E-state index contributed by atoms with van der Waals surface area (Å²) in [6.45, 7) is 3.61. The molecule has 29 heavy (non-hydrogen) atoms. The van der Waals surface area contributed by atoms with Crippen molar-refractivity contribution in [1.82, 2.24) is 0 Å². The minimum Gasteiger partial charge on any atom is -0.478 e. The lowest BCUT2D eigenvalue weighted by atomic mass is 10.0. The summed E-state index contributed by atoms with van der Waals surface area (Å²) in [6.07, 6.45) is 1.35. The zero-order valence-corrected chi connectivity index (χ0v) is 15.9. The van der Waals surface area contributed by atoms with E-state index in [1.165, 1.54) is 12.1 Å². The number of benzene rings is 2. The molecule has 0 saturated heterocycles. The third-order valence-electron chi connectivity index (χ3n) is 4.38. The average molecular weight is 386 g/mol. The summed E-state index contributed by atoms with van der Waals surface area (Å²) in [5.74, 6) is -0.792. The maximum absolute atomic E-state index is 12.4. The third-order valence-corrected chi connectivity index (χ3v) is 4.38. The van der Waals surface area contributed by atoms with Gasteiger partial charge in [-0.15, -0.1) is 0 Å². The molecule has 1 heterocycles. The molecule has 0 saturated carbocycles. The van der Waals surface area contributed by atoms with E-state index in [9.17, 15) is 20.0 Å². The minimum absolute atomic E-state index is 0.108. The average Bonchev–Trinajstić information content (AvgIpc) is 3.14. The number of carbonyl (C=O) groups excluding carboxylic acids is 1. The van der Waals surface area contributed by atoms with Gasteiger partial charge in [-0.1, -0.05) is 24.3 Å². The molecule has 0 radical (unpaired) electrons. The van der Waals surface area contributed by atoms with Gasteiger partial charge in [0.15, 0.2) is 0 Å². The number of nitrogens with one attached hydrogen (secondary N) is 1. The summed E-state index contributed by atoms with van der Waals surface area (Å²) in [7, 11) is 0. The number of aryl methyl sites for hydroxylation is 1. The van der Waals surface area contributed by atoms with E-state index < -0.39 is 11.9 Å². The number of hydrogen-bond donors (Lipinski definition) is 2. The molecule has 0 fully saturated rings. The van der Waals surface area contributed by atoms with Crippen molar-refractivity contribution < 1.29 is 19.1 Å². The lowest BCUT2D eigenvalue weighted by molar-refractivity contribution is -0.112. The summed E-state index contributed by atoms with van der Waals surface area (Å²) < 4.78 is 5.74. The van der Waals surface area contributed by atoms with E-state index >= 15 is 0 Å². The van der Waals surface area contributed by atoms with Crippen LogP contribution in [0.4, 0.5) is 5.69 Å². The first-order valence-electron chi connectivity index (χ1n) is 8.82. The molecule has 0 atom stereocenters. The van der Waals surface area contributed by atoms with E-state index in [0.29, 0.717) is 28.3 Å². The molecule has 0 aliphatic rings. The fraction of sp³-hybridized carbons (Fsp3) is 0.0870. The van der Waals surface area contributed by atoms with Gasteiger partial charge in [0.05, 0.1) is 5.56 Å². The zero-order chi connectivity index (χ0) is 21.0. The lowest BCUT2D eigenvalue weighted by Crippen LogP contribution is -2.13. The molecule has 1 aromatic heterocycles. The Kier molecular flexibility index (Phi) is 5.61. The Morgan fingerprint density at radius 2 is 1.86 bits per heavy atom. The van der Waals surface area contributed by atoms with Gasteiger partial charge in [-0.25, -0.2) is 4.79 Å². The maximum Gasteiger partial charge on any atom is 0.335 e. The number of furan rings is 1. The van der Waals surface area contributed by atoms with Crippen LogP contribution in [0.1, 0.15) is 27.2 Å². The molecule has 2 aromatic carbocycles. The van der Waals surface area contributed by atoms with Crippen LogP contribution in [0, 0.1) is 25.2 Å². The largest absolute Gasteiger partial charge is 0.478 e. The highest BCUT2D eigenvalue weighted by molar-refractivity contribution is 6.09. The van der Waals surface area contributed by atoms with Crippen molar-refractivity contribution in [1.29, 1.82) is 5.26 Å². The number of anilines is 1. The summed E-state index contributed by atoms with van der Waals surface area (Å²) in [4.78, 5) is 23.7. The molecule has 6 heteroatoms. The molecule has 2 N–H and O–H groups in total. The Bertz CT molecular complexity index is 1170. The first-order chi connectivity index (χ1) is 13.9. The second-order valence-electron chi connectivity index (χ2n) is 6.48. The standard InChI is InChI=1S/C23H18N2O4/c1-14-5-3-6-17(11-14)25-22(26)16(13-24)12-18-9-10-21(29-18)19-7-4-8-20(15(19)2)23(27)28/h3-12H,1-2H3,(H,25,26)(H,27,28). The molecule has 1 amide bonds. The van der Waals surface area contributed by atoms with E-state index in [2.05, 4.69) is 5.32 Å². The van der Waals surface area contributed by atoms with Crippen molar-refractivity contribution in [3.05, 3.63) is 82.6 Å². The van der Waals surface area contributed by atoms with E-state index in [1.54, 1.807) is 43.3 Å². The van der Waals surface area contributed by atoms with Crippen LogP contribution in [0.15, 0.2) is 64.6 Å². The molecule has 0 bridgehead atoms. The van der Waals surface area contributed by atoms with Crippen molar-refractivity contribution in [3.8, 4) is 17.4 Å². The molecular formula is C23H18N2O4. The fourth-order valence-corrected chi connectivity index (χ4v) is 2.92. The summed E-state index contributed by atoms with van der Waals surface area (Å²) in [6, 6.07) is 17.4. The van der Waals surface area contributed by atoms with Gasteiger partial charge in [-0.3, -0.25) is 4.79 Å². The Hall–Kier alpha value is -4.11. The predicted octanol–water partition coefficient (Wildman–Crippen LogP) is 4.81. The number of carbonyl (C=O) groups is 2. The van der Waals surface area contributed by atoms with E-state index in [0.717, 1.165) is 5.56 Å². The topological polar surface area (TPSA) is 103 Å². The van der Waals surface area contributed by atoms with Crippen molar-refractivity contribution in [3.63, 3.8) is 0 Å². The number of amides is 1. The number of nitrogens with zero attached hydrogens (tertiary/aromatic N) is 1. The normalized spacial score (nSPS) is 11.0. The summed E-state index contributed by atoms with van der Waals surface area (Å²) >= 11 is 0. The van der Waals surface area contributed by atoms with Gasteiger partial charge in [-0.05, 0) is 55.3 Å². The Labute approximate surface area is 167 Å². The minimum atomic E-state index is -1.02. The van der Waals surface area contributed by atoms with Crippen LogP contribution in [-0.4, -0.2) is 17.0 Å². The quantitative estimate of drug-likeness (QED) is 0.484. The van der Waals surface area contributed by atoms with Gasteiger partial charge >= 0.3 is 5.97 Å². The van der Waals surface area contributed by atoms with Gasteiger partial charge in [0.2, 0.25) is 0 Å². The number of hydrogen-bond acceptors (Lipinski definition) is 4. The predicted molar refractivity (Wildman–Crippen MR) is 109 cm³/mol. The van der Waals surface area contributed by atoms with Crippen molar-refractivity contribution in [2.45, 2.75) is 13.8 Å². The lowest BCUT2D eigenvalue weighted by Gasteiger charge is -2.06. The monoisotopic (exact) mass is 386 g/mol. The maximum atomic E-state index is 12.4. The highest BCUT2D eigenvalue weighted by atomic mass is 16.4. The smallest absolute Gasteiger partial charge is 0.335 e. The molecule has 6 nitrogen and oxygen atoms in total. The van der Waals surface area contributed by atoms with Gasteiger partial charge in [0.1, 0.15) is 23.2 Å². The zero-order valence-electron chi connectivity index (χ0n) is 15.9. The van der Waals surface area contributed by atoms with Crippen LogP contribution in [0.5, 0.6) is 0 Å². The molecule has 0 aliphatic heterocycles. The number of carboxylic acids is 1. The molecule has 144 valence electrons. The Balaban J connectivity index is 1.86. The highest BCUT2D eigenvalue weighted by Crippen LogP contribution is 2.28. The molecule has 0 aliphatic carbocycles. The first-order valence-corrected chi connectivity index (χ1v) is 8.82. The Morgan fingerprint density at radius 3 is 2.55 bits per heavy atom. The van der Waals surface area contributed by atoms with Crippen LogP contribution >= 0.6 is 0 Å². The Morgan fingerprint density at radius 1 is 1.10 bits per heavy atom. The number of rotatable bonds is 5. The molecule has 0 spiro atoms. The van der Waals surface area contributed by atoms with E-state index in [-0.39, 0.29) is 11.1 Å². The van der Waals surface area contributed by atoms with Crippen molar-refractivity contribution >= 4 is 23.6 Å². The molecule has 3 rings (SSSR count). The SMILES string of the molecule is Cc1cccc(NC(=O)C(C#N)=Cc2ccc(-c3cccc(C(=O)O)c3C)o2)c1. The summed E-state index contributed by atoms with van der Waals surface area (Å²) in [5, 5.41) is 21.3. The number of nitriles is 1. The van der Waals surface area contributed by atoms with Crippen LogP contribution < -0.4 is 5.32 Å². The van der Waals surface area contributed by atoms with Gasteiger partial charge < -0.3 is 14.8 Å². The van der Waals surface area contributed by atoms with Crippen LogP contribution in [0.2, 0.25) is 0 Å². The van der Waals surface area contributed by atoms with E-state index in [1.807, 2.05) is 25.1 Å². The highest BCUT2D eigenvalue weighted by Gasteiger charge is 2.15. The third kappa shape index (κ3) is 4.42. The summed E-state index contributed by atoms with van der Waals surface area (Å²) in [5.41, 5.74) is 2.86. The van der Waals surface area contributed by atoms with Crippen LogP contribution in [-0.2, 0) is 4.79 Å². The first kappa shape index (κ1) is 19.6. The van der Waals surface area contributed by atoms with Crippen LogP contribution in [0.25, 0.3) is 17.4 Å². The van der Waals surface area contributed by atoms with Crippen molar-refractivity contribution in [2.24, 2.45) is 0 Å². The second-order valence-corrected chi connectivity index (χ2v) is 6.48. The van der Waals surface area contributed by atoms with Crippen LogP contribution in [0.3, 0.4) is 0 Å².